The van der Waals surface area contributed by atoms with Crippen LogP contribution in [0.2, 0.25) is 0 Å². The zero-order chi connectivity index (χ0) is 26.5. The molecule has 8 nitrogen and oxygen atoms in total. The van der Waals surface area contributed by atoms with Crippen LogP contribution in [0.3, 0.4) is 0 Å². The quantitative estimate of drug-likeness (QED) is 0.410. The van der Waals surface area contributed by atoms with Gasteiger partial charge in [-0.2, -0.15) is 0 Å². The van der Waals surface area contributed by atoms with Gasteiger partial charge in [0.25, 0.3) is 0 Å². The third-order valence-corrected chi connectivity index (χ3v) is 12.1. The van der Waals surface area contributed by atoms with Gasteiger partial charge in [0.15, 0.2) is 5.78 Å². The number of hydrogen-bond donors (Lipinski definition) is 4. The van der Waals surface area contributed by atoms with Crippen molar-refractivity contribution in [2.24, 2.45) is 28.6 Å². The molecule has 0 aromatic heterocycles. The molecular weight excluding hydrogens is 483 g/mol. The van der Waals surface area contributed by atoms with Crippen LogP contribution >= 0.6 is 8.25 Å². The molecule has 0 amide bonds. The summed E-state index contributed by atoms with van der Waals surface area (Å²) in [5.41, 5.74) is -3.39. The Morgan fingerprint density at radius 1 is 1.11 bits per heavy atom. The van der Waals surface area contributed by atoms with Gasteiger partial charge in [0.1, 0.15) is 5.60 Å². The van der Waals surface area contributed by atoms with E-state index < -0.39 is 54.2 Å². The number of aliphatic hydroxyl groups excluding tert-OH is 2. The van der Waals surface area contributed by atoms with Crippen molar-refractivity contribution in [3.63, 3.8) is 0 Å². The van der Waals surface area contributed by atoms with Crippen LogP contribution in [0.25, 0.3) is 0 Å². The zero-order valence-corrected chi connectivity index (χ0v) is 23.1. The molecule has 0 aromatic rings. The largest absolute Gasteiger partial charge is 0.390 e. The number of fused-ring (bicyclic) bond motifs is 5. The zero-order valence-electron chi connectivity index (χ0n) is 22.1. The second-order valence-corrected chi connectivity index (χ2v) is 14.5. The van der Waals surface area contributed by atoms with E-state index in [0.717, 1.165) is 12.0 Å². The van der Waals surface area contributed by atoms with E-state index in [1.807, 2.05) is 13.8 Å². The lowest BCUT2D eigenvalue weighted by atomic mass is 9.45. The van der Waals surface area contributed by atoms with Crippen LogP contribution in [0.15, 0.2) is 11.6 Å². The predicted octanol–water partition coefficient (Wildman–Crippen LogP) is 3.31. The summed E-state index contributed by atoms with van der Waals surface area (Å²) < 4.78 is 24.4. The summed E-state index contributed by atoms with van der Waals surface area (Å²) in [6.45, 7) is 9.51. The van der Waals surface area contributed by atoms with Crippen LogP contribution in [-0.4, -0.2) is 61.3 Å². The first-order valence-electron chi connectivity index (χ1n) is 13.5. The first kappa shape index (κ1) is 27.0. The highest BCUT2D eigenvalue weighted by molar-refractivity contribution is 7.33. The van der Waals surface area contributed by atoms with Crippen molar-refractivity contribution >= 4 is 14.0 Å². The Labute approximate surface area is 214 Å². The van der Waals surface area contributed by atoms with E-state index in [9.17, 15) is 29.8 Å². The molecule has 1 heterocycles. The third kappa shape index (κ3) is 3.77. The molecule has 1 aliphatic heterocycles. The highest BCUT2D eigenvalue weighted by atomic mass is 31.1. The lowest BCUT2D eigenvalue weighted by Crippen LogP contribution is -2.62. The molecule has 204 valence electrons. The molecule has 5 rings (SSSR count). The van der Waals surface area contributed by atoms with Gasteiger partial charge in [0.2, 0.25) is 0 Å². The predicted molar refractivity (Wildman–Crippen MR) is 133 cm³/mol. The van der Waals surface area contributed by atoms with E-state index in [2.05, 4.69) is 6.92 Å². The number of allylic oxidation sites excluding steroid dienone is 1. The highest BCUT2D eigenvalue weighted by Gasteiger charge is 2.70. The van der Waals surface area contributed by atoms with Crippen molar-refractivity contribution in [2.75, 3.05) is 0 Å². The molecule has 3 saturated carbocycles. The van der Waals surface area contributed by atoms with Crippen molar-refractivity contribution < 1.29 is 38.8 Å². The average Bonchev–Trinajstić information content (AvgIpc) is 3.21. The molecule has 11 atom stereocenters. The molecule has 4 N–H and O–H groups in total. The summed E-state index contributed by atoms with van der Waals surface area (Å²) in [5, 5.41) is 43.5. The lowest BCUT2D eigenvalue weighted by molar-refractivity contribution is -0.160. The van der Waals surface area contributed by atoms with Gasteiger partial charge in [-0.05, 0) is 101 Å². The number of carbonyl (C=O) groups is 1. The SMILES string of the molecule is CC(C)(O)CC[C@H]1O[PH](=O)O[C@]1(C)[C@H]1CC[C@@]2(O)C3=CC(=O)[C@@H]4C[C@@H](O)[C@@H](O)C[C@]4(C)C3CC[C@]12C. The maximum Gasteiger partial charge on any atom is 0.320 e. The number of rotatable bonds is 4. The summed E-state index contributed by atoms with van der Waals surface area (Å²) in [7, 11) is -2.70. The van der Waals surface area contributed by atoms with Gasteiger partial charge < -0.3 is 29.5 Å². The van der Waals surface area contributed by atoms with Gasteiger partial charge >= 0.3 is 8.25 Å². The van der Waals surface area contributed by atoms with E-state index in [-0.39, 0.29) is 30.0 Å². The Bertz CT molecular complexity index is 991. The van der Waals surface area contributed by atoms with Crippen LogP contribution in [0.5, 0.6) is 0 Å². The molecule has 0 aromatic carbocycles. The van der Waals surface area contributed by atoms with E-state index >= 15 is 0 Å². The van der Waals surface area contributed by atoms with Gasteiger partial charge in [-0.1, -0.05) is 13.8 Å². The van der Waals surface area contributed by atoms with Gasteiger partial charge in [-0.15, -0.1) is 0 Å². The van der Waals surface area contributed by atoms with Crippen LogP contribution < -0.4 is 0 Å². The fourth-order valence-electron chi connectivity index (χ4n) is 8.92. The first-order valence-corrected chi connectivity index (χ1v) is 14.7. The van der Waals surface area contributed by atoms with E-state index in [0.29, 0.717) is 38.5 Å². The summed E-state index contributed by atoms with van der Waals surface area (Å²) in [6.07, 6.45) is 3.49. The molecule has 5 aliphatic rings. The Morgan fingerprint density at radius 3 is 2.47 bits per heavy atom. The lowest BCUT2D eigenvalue weighted by Gasteiger charge is -2.60. The fraction of sp³-hybridized carbons (Fsp3) is 0.889. The van der Waals surface area contributed by atoms with Crippen molar-refractivity contribution in [1.29, 1.82) is 0 Å². The van der Waals surface area contributed by atoms with E-state index in [1.54, 1.807) is 19.9 Å². The normalized spacial score (nSPS) is 53.0. The Balaban J connectivity index is 1.50. The van der Waals surface area contributed by atoms with Crippen LogP contribution in [0.1, 0.15) is 86.0 Å². The van der Waals surface area contributed by atoms with Crippen LogP contribution in [-0.2, 0) is 18.4 Å². The highest BCUT2D eigenvalue weighted by Crippen LogP contribution is 2.70. The Kier molecular flexibility index (Phi) is 6.33. The second-order valence-electron chi connectivity index (χ2n) is 13.6. The molecule has 0 radical (unpaired) electrons. The Hall–Kier alpha value is -0.600. The third-order valence-electron chi connectivity index (χ3n) is 11.0. The number of carbonyl (C=O) groups excluding carboxylic acids is 1. The topological polar surface area (TPSA) is 134 Å². The molecule has 36 heavy (non-hydrogen) atoms. The van der Waals surface area contributed by atoms with E-state index in [1.165, 1.54) is 0 Å². The fourth-order valence-corrected chi connectivity index (χ4v) is 10.2. The van der Waals surface area contributed by atoms with Crippen molar-refractivity contribution in [3.8, 4) is 0 Å². The van der Waals surface area contributed by atoms with Crippen LogP contribution in [0, 0.1) is 28.6 Å². The number of aliphatic hydroxyl groups is 4. The number of ketones is 1. The molecule has 0 spiro atoms. The van der Waals surface area contributed by atoms with Gasteiger partial charge in [0.05, 0.1) is 29.5 Å². The van der Waals surface area contributed by atoms with Gasteiger partial charge in [-0.25, -0.2) is 0 Å². The van der Waals surface area contributed by atoms with Crippen molar-refractivity contribution in [3.05, 3.63) is 11.6 Å². The van der Waals surface area contributed by atoms with E-state index in [4.69, 9.17) is 9.05 Å². The minimum Gasteiger partial charge on any atom is -0.390 e. The molecular formula is C27H43O8P. The summed E-state index contributed by atoms with van der Waals surface area (Å²) >= 11 is 0. The molecule has 2 unspecified atom stereocenters. The summed E-state index contributed by atoms with van der Waals surface area (Å²) in [4.78, 5) is 13.4. The van der Waals surface area contributed by atoms with Gasteiger partial charge in [0, 0.05) is 11.3 Å². The monoisotopic (exact) mass is 526 g/mol. The molecule has 4 aliphatic carbocycles. The maximum absolute atomic E-state index is 13.4. The molecule has 0 bridgehead atoms. The van der Waals surface area contributed by atoms with Gasteiger partial charge in [-0.3, -0.25) is 9.36 Å². The average molecular weight is 527 g/mol. The number of hydrogen-bond acceptors (Lipinski definition) is 8. The minimum atomic E-state index is -2.70. The molecule has 4 fully saturated rings. The summed E-state index contributed by atoms with van der Waals surface area (Å²) in [5.74, 6) is -0.649. The van der Waals surface area contributed by atoms with Crippen molar-refractivity contribution in [1.82, 2.24) is 0 Å². The smallest absolute Gasteiger partial charge is 0.320 e. The molecule has 1 saturated heterocycles. The van der Waals surface area contributed by atoms with Crippen molar-refractivity contribution in [2.45, 2.75) is 121 Å². The minimum absolute atomic E-state index is 0.0576. The summed E-state index contributed by atoms with van der Waals surface area (Å²) in [6, 6.07) is 0. The standard InChI is InChI=1S/C27H43O8P/c1-23(2,31)9-8-22-26(5,35-36(33)34-22)21-7-11-27(32)16-12-18(28)17-13-19(29)20(30)14-24(17,3)15(16)6-10-25(21,27)4/h12,15,17,19-22,29-32,36H,6-11,13-14H2,1-5H3/t15?,17-,19+,20-,21-,22+,24+,25+,26+,27+/m0/s1. The molecule has 9 heteroatoms. The first-order chi connectivity index (χ1) is 16.5. The van der Waals surface area contributed by atoms with Crippen LogP contribution in [0.4, 0.5) is 0 Å². The maximum atomic E-state index is 13.4. The Morgan fingerprint density at radius 2 is 1.81 bits per heavy atom. The second kappa shape index (κ2) is 8.45.